The van der Waals surface area contributed by atoms with Gasteiger partial charge in [-0.2, -0.15) is 15.4 Å². The number of benzene rings is 1. The molecule has 3 N–H and O–H groups in total. The monoisotopic (exact) mass is 230 g/mol. The van der Waals surface area contributed by atoms with Crippen LogP contribution in [0.2, 0.25) is 0 Å². The van der Waals surface area contributed by atoms with Gasteiger partial charge in [0.15, 0.2) is 0 Å². The van der Waals surface area contributed by atoms with Crippen molar-refractivity contribution in [2.75, 3.05) is 0 Å². The molecule has 3 rings (SSSR count). The average molecular weight is 230 g/mol. The van der Waals surface area contributed by atoms with Crippen LogP contribution in [0.5, 0.6) is 0 Å². The maximum Gasteiger partial charge on any atom is 0.104 e. The van der Waals surface area contributed by atoms with Gasteiger partial charge in [0, 0.05) is 4.70 Å². The van der Waals surface area contributed by atoms with E-state index in [4.69, 9.17) is 5.73 Å². The summed E-state index contributed by atoms with van der Waals surface area (Å²) in [6, 6.07) is 8.02. The highest BCUT2D eigenvalue weighted by molar-refractivity contribution is 7.17. The van der Waals surface area contributed by atoms with Crippen LogP contribution in [0, 0.1) is 0 Å². The van der Waals surface area contributed by atoms with Crippen LogP contribution in [0.1, 0.15) is 17.3 Å². The Balaban J connectivity index is 2.15. The first kappa shape index (κ1) is 9.50. The van der Waals surface area contributed by atoms with Crippen LogP contribution in [-0.2, 0) is 0 Å². The number of rotatable bonds is 2. The minimum absolute atomic E-state index is 0.221. The minimum atomic E-state index is -0.221. The number of aromatic amines is 1. The molecule has 0 saturated carbocycles. The Kier molecular flexibility index (Phi) is 2.19. The lowest BCUT2D eigenvalue weighted by molar-refractivity contribution is 0.816. The zero-order chi connectivity index (χ0) is 11.0. The highest BCUT2D eigenvalue weighted by Gasteiger charge is 2.14. The van der Waals surface area contributed by atoms with Crippen molar-refractivity contribution in [2.45, 2.75) is 6.04 Å². The van der Waals surface area contributed by atoms with Crippen molar-refractivity contribution in [1.82, 2.24) is 15.4 Å². The predicted octanol–water partition coefficient (Wildman–Crippen LogP) is 2.07. The van der Waals surface area contributed by atoms with Gasteiger partial charge in [0.1, 0.15) is 5.69 Å². The molecule has 0 aliphatic rings. The molecule has 0 spiro atoms. The third-order valence-corrected chi connectivity index (χ3v) is 3.58. The van der Waals surface area contributed by atoms with Crippen LogP contribution in [0.15, 0.2) is 35.8 Å². The standard InChI is InChI=1S/C11H10N4S/c12-10(9-6-13-15-14-9)8-3-1-2-7-4-5-16-11(7)8/h1-6,10H,12H2,(H,13,14,15). The zero-order valence-electron chi connectivity index (χ0n) is 8.42. The quantitative estimate of drug-likeness (QED) is 0.708. The number of hydrogen-bond acceptors (Lipinski definition) is 4. The van der Waals surface area contributed by atoms with Crippen molar-refractivity contribution in [2.24, 2.45) is 5.73 Å². The van der Waals surface area contributed by atoms with Crippen LogP contribution in [0.4, 0.5) is 0 Å². The van der Waals surface area contributed by atoms with Crippen molar-refractivity contribution < 1.29 is 0 Å². The van der Waals surface area contributed by atoms with Crippen LogP contribution in [0.3, 0.4) is 0 Å². The second kappa shape index (κ2) is 3.70. The molecular weight excluding hydrogens is 220 g/mol. The summed E-state index contributed by atoms with van der Waals surface area (Å²) in [6.07, 6.45) is 1.66. The summed E-state index contributed by atoms with van der Waals surface area (Å²) in [5, 5.41) is 13.7. The third-order valence-electron chi connectivity index (χ3n) is 2.60. The van der Waals surface area contributed by atoms with Crippen LogP contribution in [0.25, 0.3) is 10.1 Å². The molecule has 1 unspecified atom stereocenters. The van der Waals surface area contributed by atoms with Crippen molar-refractivity contribution in [3.05, 3.63) is 47.1 Å². The first-order valence-electron chi connectivity index (χ1n) is 4.93. The third kappa shape index (κ3) is 1.41. The van der Waals surface area contributed by atoms with Gasteiger partial charge in [-0.15, -0.1) is 11.3 Å². The number of fused-ring (bicyclic) bond motifs is 1. The second-order valence-electron chi connectivity index (χ2n) is 3.56. The topological polar surface area (TPSA) is 67.6 Å². The van der Waals surface area contributed by atoms with Crippen LogP contribution in [-0.4, -0.2) is 15.4 Å². The van der Waals surface area contributed by atoms with Crippen molar-refractivity contribution in [1.29, 1.82) is 0 Å². The van der Waals surface area contributed by atoms with Crippen molar-refractivity contribution >= 4 is 21.4 Å². The first-order chi connectivity index (χ1) is 7.86. The van der Waals surface area contributed by atoms with E-state index in [1.54, 1.807) is 17.5 Å². The largest absolute Gasteiger partial charge is 0.319 e. The molecule has 1 aromatic carbocycles. The summed E-state index contributed by atoms with van der Waals surface area (Å²) in [5.74, 6) is 0. The normalized spacial score (nSPS) is 13.1. The lowest BCUT2D eigenvalue weighted by Gasteiger charge is -2.09. The van der Waals surface area contributed by atoms with Gasteiger partial charge >= 0.3 is 0 Å². The van der Waals surface area contributed by atoms with Gasteiger partial charge in [0.05, 0.1) is 12.2 Å². The van der Waals surface area contributed by atoms with E-state index < -0.39 is 0 Å². The lowest BCUT2D eigenvalue weighted by Crippen LogP contribution is -2.12. The van der Waals surface area contributed by atoms with Crippen molar-refractivity contribution in [3.8, 4) is 0 Å². The summed E-state index contributed by atoms with van der Waals surface area (Å²) >= 11 is 1.70. The number of H-pyrrole nitrogens is 1. The summed E-state index contributed by atoms with van der Waals surface area (Å²) in [7, 11) is 0. The van der Waals surface area contributed by atoms with Gasteiger partial charge in [-0.05, 0) is 22.4 Å². The molecule has 0 aliphatic carbocycles. The molecule has 5 heteroatoms. The number of nitrogens with two attached hydrogens (primary N) is 1. The van der Waals surface area contributed by atoms with Crippen LogP contribution < -0.4 is 5.73 Å². The Morgan fingerprint density at radius 1 is 1.31 bits per heavy atom. The minimum Gasteiger partial charge on any atom is -0.319 e. The van der Waals surface area contributed by atoms with Crippen molar-refractivity contribution in [3.63, 3.8) is 0 Å². The fourth-order valence-electron chi connectivity index (χ4n) is 1.78. The van der Waals surface area contributed by atoms with E-state index in [0.29, 0.717) is 0 Å². The number of thiophene rings is 1. The maximum absolute atomic E-state index is 6.17. The first-order valence-corrected chi connectivity index (χ1v) is 5.81. The van der Waals surface area contributed by atoms with Gasteiger partial charge in [-0.3, -0.25) is 0 Å². The Morgan fingerprint density at radius 3 is 3.06 bits per heavy atom. The summed E-state index contributed by atoms with van der Waals surface area (Å²) in [4.78, 5) is 0. The smallest absolute Gasteiger partial charge is 0.104 e. The SMILES string of the molecule is NC(c1cn[nH]n1)c1cccc2ccsc12. The second-order valence-corrected chi connectivity index (χ2v) is 4.47. The Hall–Kier alpha value is -1.72. The zero-order valence-corrected chi connectivity index (χ0v) is 9.24. The van der Waals surface area contributed by atoms with Crippen LogP contribution >= 0.6 is 11.3 Å². The van der Waals surface area contributed by atoms with E-state index in [2.05, 4.69) is 32.9 Å². The molecule has 0 fully saturated rings. The molecule has 4 nitrogen and oxygen atoms in total. The van der Waals surface area contributed by atoms with Gasteiger partial charge in [0.25, 0.3) is 0 Å². The van der Waals surface area contributed by atoms with E-state index in [1.807, 2.05) is 12.1 Å². The fourth-order valence-corrected chi connectivity index (χ4v) is 2.73. The predicted molar refractivity (Wildman–Crippen MR) is 64.2 cm³/mol. The number of aromatic nitrogens is 3. The van der Waals surface area contributed by atoms with Gasteiger partial charge in [-0.1, -0.05) is 18.2 Å². The molecule has 80 valence electrons. The highest BCUT2D eigenvalue weighted by atomic mass is 32.1. The Labute approximate surface area is 96.1 Å². The van der Waals surface area contributed by atoms with Gasteiger partial charge in [0.2, 0.25) is 0 Å². The number of hydrogen-bond donors (Lipinski definition) is 2. The maximum atomic E-state index is 6.17. The molecule has 0 saturated heterocycles. The molecule has 0 bridgehead atoms. The fraction of sp³-hybridized carbons (Fsp3) is 0.0909. The molecule has 0 aliphatic heterocycles. The van der Waals surface area contributed by atoms with E-state index in [-0.39, 0.29) is 6.04 Å². The molecule has 16 heavy (non-hydrogen) atoms. The van der Waals surface area contributed by atoms with Gasteiger partial charge < -0.3 is 5.73 Å². The Bertz CT molecular complexity index is 599. The Morgan fingerprint density at radius 2 is 2.25 bits per heavy atom. The number of nitrogens with zero attached hydrogens (tertiary/aromatic N) is 2. The van der Waals surface area contributed by atoms with E-state index in [1.165, 1.54) is 10.1 Å². The summed E-state index contributed by atoms with van der Waals surface area (Å²) in [5.41, 5.74) is 8.03. The molecular formula is C11H10N4S. The summed E-state index contributed by atoms with van der Waals surface area (Å²) in [6.45, 7) is 0. The average Bonchev–Trinajstić information content (AvgIpc) is 2.98. The highest BCUT2D eigenvalue weighted by Crippen LogP contribution is 2.29. The molecule has 0 radical (unpaired) electrons. The number of nitrogens with one attached hydrogen (secondary N) is 1. The van der Waals surface area contributed by atoms with E-state index >= 15 is 0 Å². The summed E-state index contributed by atoms with van der Waals surface area (Å²) < 4.78 is 1.22. The molecule has 0 amide bonds. The van der Waals surface area contributed by atoms with E-state index in [0.717, 1.165) is 11.3 Å². The van der Waals surface area contributed by atoms with E-state index in [9.17, 15) is 0 Å². The lowest BCUT2D eigenvalue weighted by atomic mass is 10.0. The molecule has 2 aromatic heterocycles. The van der Waals surface area contributed by atoms with Gasteiger partial charge in [-0.25, -0.2) is 0 Å². The molecule has 2 heterocycles. The molecule has 1 atom stereocenters. The molecule has 3 aromatic rings.